The Hall–Kier alpha value is -3.46. The second kappa shape index (κ2) is 12.0. The first-order valence-electron chi connectivity index (χ1n) is 11.5. The van der Waals surface area contributed by atoms with Crippen LogP contribution in [-0.2, 0) is 20.1 Å². The summed E-state index contributed by atoms with van der Waals surface area (Å²) in [6.45, 7) is -2.19. The van der Waals surface area contributed by atoms with E-state index in [-0.39, 0.29) is 31.2 Å². The van der Waals surface area contributed by atoms with Gasteiger partial charge in [-0.1, -0.05) is 54.1 Å². The van der Waals surface area contributed by atoms with Crippen molar-refractivity contribution in [2.45, 2.75) is 6.85 Å². The second-order valence-corrected chi connectivity index (χ2v) is 6.90. The van der Waals surface area contributed by atoms with E-state index >= 15 is 0 Å². The van der Waals surface area contributed by atoms with Crippen molar-refractivity contribution in [2.24, 2.45) is 0 Å². The summed E-state index contributed by atoms with van der Waals surface area (Å²) < 4.78 is 35.0. The van der Waals surface area contributed by atoms with Gasteiger partial charge in [0.25, 0.3) is 0 Å². The van der Waals surface area contributed by atoms with Crippen LogP contribution in [0.2, 0.25) is 0 Å². The molecule has 0 atom stereocenters. The number of nitrogens with zero attached hydrogens (tertiary/aromatic N) is 2. The summed E-state index contributed by atoms with van der Waals surface area (Å²) in [4.78, 5) is 8.35. The van der Waals surface area contributed by atoms with Crippen LogP contribution in [0.3, 0.4) is 0 Å². The fourth-order valence-corrected chi connectivity index (χ4v) is 3.10. The van der Waals surface area contributed by atoms with Crippen LogP contribution in [-0.4, -0.2) is 9.97 Å². The van der Waals surface area contributed by atoms with E-state index < -0.39 is 12.7 Å². The van der Waals surface area contributed by atoms with Crippen molar-refractivity contribution >= 4 is 0 Å². The van der Waals surface area contributed by atoms with Crippen LogP contribution in [0.15, 0.2) is 109 Å². The molecule has 0 aliphatic heterocycles. The van der Waals surface area contributed by atoms with E-state index in [0.29, 0.717) is 5.69 Å². The molecule has 2 nitrogen and oxygen atoms in total. The van der Waals surface area contributed by atoms with Crippen molar-refractivity contribution in [3.05, 3.63) is 133 Å². The van der Waals surface area contributed by atoms with Crippen molar-refractivity contribution in [3.63, 3.8) is 0 Å². The van der Waals surface area contributed by atoms with Crippen LogP contribution in [0.25, 0.3) is 33.6 Å². The molecule has 0 saturated carbocycles. The van der Waals surface area contributed by atoms with E-state index in [2.05, 4.69) is 40.3 Å². The fraction of sp³-hybridized carbons (Fsp3) is 0.0345. The number of benzene rings is 3. The van der Waals surface area contributed by atoms with Gasteiger partial charge in [-0.25, -0.2) is 0 Å². The quantitative estimate of drug-likeness (QED) is 0.202. The third-order valence-electron chi connectivity index (χ3n) is 4.68. The first kappa shape index (κ1) is 20.2. The van der Waals surface area contributed by atoms with E-state index in [1.54, 1.807) is 6.07 Å². The van der Waals surface area contributed by atoms with Crippen molar-refractivity contribution in [2.75, 3.05) is 0 Å². The summed E-state index contributed by atoms with van der Waals surface area (Å²) in [5, 5.41) is 0. The molecule has 165 valence electrons. The van der Waals surface area contributed by atoms with Crippen LogP contribution in [0.5, 0.6) is 0 Å². The Morgan fingerprint density at radius 1 is 0.758 bits per heavy atom. The third kappa shape index (κ3) is 6.52. The van der Waals surface area contributed by atoms with Crippen molar-refractivity contribution in [3.8, 4) is 33.6 Å². The first-order valence-corrected chi connectivity index (χ1v) is 10.0. The minimum atomic E-state index is -2.19. The molecule has 0 unspecified atom stereocenters. The molecule has 0 saturated heterocycles. The Kier molecular flexibility index (Phi) is 7.31. The largest absolute Gasteiger partial charge is 0.305 e. The van der Waals surface area contributed by atoms with Crippen LogP contribution >= 0.6 is 0 Å². The van der Waals surface area contributed by atoms with Gasteiger partial charge in [0.05, 0.1) is 0 Å². The molecule has 0 bridgehead atoms. The fourth-order valence-electron chi connectivity index (χ4n) is 3.10. The maximum Gasteiger partial charge on any atom is 0.0380 e. The minimum Gasteiger partial charge on any atom is -0.305 e. The van der Waals surface area contributed by atoms with Gasteiger partial charge in [-0.05, 0) is 41.0 Å². The molecular weight excluding hydrogens is 588 g/mol. The Morgan fingerprint density at radius 2 is 1.58 bits per heavy atom. The zero-order valence-electron chi connectivity index (χ0n) is 20.5. The molecule has 4 heteroatoms. The van der Waals surface area contributed by atoms with Crippen LogP contribution in [0, 0.1) is 24.8 Å². The zero-order valence-corrected chi connectivity index (χ0v) is 19.9. The molecule has 0 amide bonds. The number of aromatic nitrogens is 2. The van der Waals surface area contributed by atoms with Gasteiger partial charge in [-0.2, -0.15) is 0 Å². The summed E-state index contributed by atoms with van der Waals surface area (Å²) in [5.74, 6) is -0.429. The van der Waals surface area contributed by atoms with Crippen LogP contribution in [0.4, 0.5) is 4.39 Å². The summed E-state index contributed by atoms with van der Waals surface area (Å²) in [6.07, 6.45) is 3.08. The Bertz CT molecular complexity index is 1320. The summed E-state index contributed by atoms with van der Waals surface area (Å²) in [5.41, 5.74) is 5.11. The summed E-state index contributed by atoms with van der Waals surface area (Å²) >= 11 is 0. The first-order chi connectivity index (χ1) is 16.9. The van der Waals surface area contributed by atoms with Gasteiger partial charge in [0.2, 0.25) is 0 Å². The number of aryl methyl sites for hydroxylation is 1. The Morgan fingerprint density at radius 3 is 2.27 bits per heavy atom. The summed E-state index contributed by atoms with van der Waals surface area (Å²) in [6, 6.07) is 35.6. The molecule has 33 heavy (non-hydrogen) atoms. The molecular formula is C29H21FIrN2-2. The topological polar surface area (TPSA) is 25.8 Å². The summed E-state index contributed by atoms with van der Waals surface area (Å²) in [7, 11) is 0. The number of hydrogen-bond acceptors (Lipinski definition) is 2. The minimum absolute atomic E-state index is 0. The smallest absolute Gasteiger partial charge is 0.0380 e. The Labute approximate surface area is 211 Å². The van der Waals surface area contributed by atoms with Gasteiger partial charge in [0.15, 0.2) is 0 Å². The predicted molar refractivity (Wildman–Crippen MR) is 127 cm³/mol. The molecule has 2 heterocycles. The van der Waals surface area contributed by atoms with Gasteiger partial charge < -0.3 is 9.97 Å². The molecule has 1 radical (unpaired) electrons. The molecule has 5 aromatic rings. The molecule has 0 spiro atoms. The van der Waals surface area contributed by atoms with E-state index in [1.165, 1.54) is 41.6 Å². The monoisotopic (exact) mass is 612 g/mol. The standard InChI is InChI=1S/C17H12N.C12H9FN.Ir/c1-3-7-14(8-4-1)16-11-12-18-17(13-16)15-9-5-2-6-10-15;1-9-6-7-12(14-8-9)10-4-2-3-5-11(10)13;/h1-9,11-13H;2-3,5-8H,1H3;/q2*-1;/i;1D3;. The van der Waals surface area contributed by atoms with E-state index in [9.17, 15) is 4.39 Å². The van der Waals surface area contributed by atoms with Crippen molar-refractivity contribution in [1.29, 1.82) is 0 Å². The predicted octanol–water partition coefficient (Wildman–Crippen LogP) is 7.21. The molecule has 0 N–H and O–H groups in total. The van der Waals surface area contributed by atoms with Gasteiger partial charge >= 0.3 is 0 Å². The van der Waals surface area contributed by atoms with Crippen LogP contribution < -0.4 is 0 Å². The van der Waals surface area contributed by atoms with Crippen molar-refractivity contribution < 1.29 is 28.6 Å². The molecule has 0 fully saturated rings. The van der Waals surface area contributed by atoms with Crippen LogP contribution in [0.1, 0.15) is 9.68 Å². The van der Waals surface area contributed by atoms with E-state index in [4.69, 9.17) is 4.11 Å². The SMILES string of the molecule is [2H]C([2H])([2H])c1ccc(-c2[c-]cccc2F)nc1.[Ir].[c-]1ccccc1-c1cc(-c2ccccc2)ccn1. The van der Waals surface area contributed by atoms with E-state index in [0.717, 1.165) is 11.3 Å². The van der Waals surface area contributed by atoms with E-state index in [1.807, 2.05) is 54.7 Å². The second-order valence-electron chi connectivity index (χ2n) is 6.90. The van der Waals surface area contributed by atoms with Gasteiger partial charge in [-0.3, -0.25) is 4.39 Å². The molecule has 3 aromatic carbocycles. The number of pyridine rings is 2. The Balaban J connectivity index is 0.000000196. The average molecular weight is 612 g/mol. The van der Waals surface area contributed by atoms with Gasteiger partial charge in [-0.15, -0.1) is 60.2 Å². The average Bonchev–Trinajstić information content (AvgIpc) is 2.90. The van der Waals surface area contributed by atoms with Gasteiger partial charge in [0, 0.05) is 42.4 Å². The maximum atomic E-state index is 13.4. The number of hydrogen-bond donors (Lipinski definition) is 0. The molecule has 0 aliphatic rings. The third-order valence-corrected chi connectivity index (χ3v) is 4.68. The number of rotatable bonds is 3. The zero-order chi connectivity index (χ0) is 24.7. The van der Waals surface area contributed by atoms with Crippen molar-refractivity contribution in [1.82, 2.24) is 9.97 Å². The molecule has 5 rings (SSSR count). The number of halogens is 1. The van der Waals surface area contributed by atoms with Gasteiger partial charge in [0.1, 0.15) is 0 Å². The maximum absolute atomic E-state index is 13.4. The molecule has 2 aromatic heterocycles. The normalized spacial score (nSPS) is 11.6. The molecule has 0 aliphatic carbocycles.